The van der Waals surface area contributed by atoms with E-state index < -0.39 is 48.2 Å². The number of halogens is 7. The Bertz CT molecular complexity index is 977. The van der Waals surface area contributed by atoms with Gasteiger partial charge in [0.2, 0.25) is 5.91 Å². The van der Waals surface area contributed by atoms with Crippen LogP contribution in [0.3, 0.4) is 0 Å². The smallest absolute Gasteiger partial charge is 0.416 e. The highest BCUT2D eigenvalue weighted by molar-refractivity contribution is 9.10. The molecule has 0 saturated carbocycles. The number of nitrogens with one attached hydrogen (secondary N) is 1. The van der Waals surface area contributed by atoms with E-state index in [0.717, 1.165) is 18.2 Å². The molecule has 2 aromatic carbocycles. The van der Waals surface area contributed by atoms with Crippen molar-refractivity contribution in [2.75, 3.05) is 0 Å². The quantitative estimate of drug-likeness (QED) is 0.367. The second-order valence-electron chi connectivity index (χ2n) is 7.44. The number of hydrogen-bond acceptors (Lipinski definition) is 2. The summed E-state index contributed by atoms with van der Waals surface area (Å²) >= 11 is 3.26. The monoisotopic (exact) mass is 539 g/mol. The first kappa shape index (κ1) is 26.7. The molecule has 2 aromatic rings. The van der Waals surface area contributed by atoms with Crippen molar-refractivity contribution in [1.82, 2.24) is 5.32 Å². The van der Waals surface area contributed by atoms with E-state index >= 15 is 0 Å². The minimum atomic E-state index is -4.72. The number of carboxylic acid groups (broad SMARTS) is 1. The Morgan fingerprint density at radius 1 is 1.00 bits per heavy atom. The van der Waals surface area contributed by atoms with Crippen LogP contribution in [0.5, 0.6) is 0 Å². The summed E-state index contributed by atoms with van der Waals surface area (Å²) in [6.45, 7) is 0. The van der Waals surface area contributed by atoms with E-state index in [2.05, 4.69) is 21.2 Å². The summed E-state index contributed by atoms with van der Waals surface area (Å²) in [7, 11) is 0. The third kappa shape index (κ3) is 8.71. The fourth-order valence-corrected chi connectivity index (χ4v) is 3.71. The molecule has 0 heterocycles. The molecule has 2 rings (SSSR count). The first-order valence-corrected chi connectivity index (χ1v) is 10.6. The van der Waals surface area contributed by atoms with Gasteiger partial charge in [0, 0.05) is 16.8 Å². The highest BCUT2D eigenvalue weighted by atomic mass is 79.9. The summed E-state index contributed by atoms with van der Waals surface area (Å²) in [4.78, 5) is 24.6. The zero-order valence-electron chi connectivity index (χ0n) is 17.0. The lowest BCUT2D eigenvalue weighted by Crippen LogP contribution is -2.38. The number of carbonyl (C=O) groups is 2. The molecule has 0 spiro atoms. The van der Waals surface area contributed by atoms with Gasteiger partial charge in [0.1, 0.15) is 0 Å². The largest absolute Gasteiger partial charge is 0.479 e. The molecule has 2 unspecified atom stereocenters. The third-order valence-corrected chi connectivity index (χ3v) is 5.33. The summed E-state index contributed by atoms with van der Waals surface area (Å²) in [5.41, 5.74) is -0.763. The van der Waals surface area contributed by atoms with Crippen molar-refractivity contribution in [3.05, 3.63) is 69.7 Å². The highest BCUT2D eigenvalue weighted by Gasteiger charge is 2.33. The number of carbonyl (C=O) groups excluding carboxylic acids is 1. The van der Waals surface area contributed by atoms with Gasteiger partial charge in [-0.2, -0.15) is 26.3 Å². The van der Waals surface area contributed by atoms with Crippen LogP contribution in [-0.4, -0.2) is 23.2 Å². The summed E-state index contributed by atoms with van der Waals surface area (Å²) < 4.78 is 77.4. The Balaban J connectivity index is 2.25. The predicted octanol–water partition coefficient (Wildman–Crippen LogP) is 6.30. The molecule has 1 amide bonds. The molecule has 0 aromatic heterocycles. The van der Waals surface area contributed by atoms with Crippen LogP contribution in [-0.2, 0) is 22.2 Å². The van der Waals surface area contributed by atoms with E-state index in [0.29, 0.717) is 16.1 Å². The van der Waals surface area contributed by atoms with Crippen LogP contribution in [0.25, 0.3) is 0 Å². The lowest BCUT2D eigenvalue weighted by molar-refractivity contribution is -0.143. The molecule has 0 fully saturated rings. The topological polar surface area (TPSA) is 66.4 Å². The van der Waals surface area contributed by atoms with Gasteiger partial charge in [0.15, 0.2) is 6.04 Å². The number of benzene rings is 2. The van der Waals surface area contributed by atoms with E-state index in [9.17, 15) is 41.0 Å². The average Bonchev–Trinajstić information content (AvgIpc) is 2.69. The van der Waals surface area contributed by atoms with Crippen LogP contribution < -0.4 is 5.32 Å². The zero-order chi connectivity index (χ0) is 24.8. The normalized spacial score (nSPS) is 13.9. The van der Waals surface area contributed by atoms with Gasteiger partial charge in [-0.15, -0.1) is 0 Å². The standard InChI is InChI=1S/C22H20BrF6NO3/c23-17-8-1-4-13(11-17)10-15(6-3-9-21(24,25)26)19(31)30-18(20(32)33)14-5-2-7-16(12-14)22(27,28)29/h1-2,4-5,7-8,11-12,15,18H,3,6,9-10H2,(H,30,31)(H,32,33). The van der Waals surface area contributed by atoms with Crippen molar-refractivity contribution in [2.24, 2.45) is 5.92 Å². The zero-order valence-corrected chi connectivity index (χ0v) is 18.6. The lowest BCUT2D eigenvalue weighted by Gasteiger charge is -2.22. The highest BCUT2D eigenvalue weighted by Crippen LogP contribution is 2.31. The van der Waals surface area contributed by atoms with Gasteiger partial charge >= 0.3 is 18.3 Å². The fourth-order valence-electron chi connectivity index (χ4n) is 3.27. The Morgan fingerprint density at radius 3 is 2.24 bits per heavy atom. The van der Waals surface area contributed by atoms with Gasteiger partial charge < -0.3 is 10.4 Å². The molecule has 0 aliphatic heterocycles. The van der Waals surface area contributed by atoms with Gasteiger partial charge in [-0.3, -0.25) is 4.79 Å². The molecule has 0 aliphatic rings. The number of alkyl halides is 6. The maximum absolute atomic E-state index is 13.0. The molecule has 0 bridgehead atoms. The Kier molecular flexibility index (Phi) is 8.93. The van der Waals surface area contributed by atoms with E-state index in [1.54, 1.807) is 24.3 Å². The van der Waals surface area contributed by atoms with Crippen molar-refractivity contribution in [1.29, 1.82) is 0 Å². The maximum atomic E-state index is 13.0. The second kappa shape index (κ2) is 11.0. The predicted molar refractivity (Wildman–Crippen MR) is 111 cm³/mol. The van der Waals surface area contributed by atoms with Gasteiger partial charge in [0.05, 0.1) is 5.56 Å². The minimum absolute atomic E-state index is 0.0259. The van der Waals surface area contributed by atoms with Gasteiger partial charge in [-0.1, -0.05) is 40.2 Å². The molecular weight excluding hydrogens is 520 g/mol. The molecule has 4 nitrogen and oxygen atoms in total. The summed E-state index contributed by atoms with van der Waals surface area (Å²) in [5.74, 6) is -3.48. The fraction of sp³-hybridized carbons (Fsp3) is 0.364. The lowest BCUT2D eigenvalue weighted by atomic mass is 9.92. The van der Waals surface area contributed by atoms with E-state index in [-0.39, 0.29) is 24.8 Å². The van der Waals surface area contributed by atoms with Crippen LogP contribution in [0.2, 0.25) is 0 Å². The summed E-state index contributed by atoms with van der Waals surface area (Å²) in [6, 6.07) is 8.45. The molecule has 11 heteroatoms. The van der Waals surface area contributed by atoms with E-state index in [1.165, 1.54) is 0 Å². The van der Waals surface area contributed by atoms with Crippen molar-refractivity contribution in [2.45, 2.75) is 44.1 Å². The minimum Gasteiger partial charge on any atom is -0.479 e. The van der Waals surface area contributed by atoms with Crippen LogP contribution in [0.4, 0.5) is 26.3 Å². The van der Waals surface area contributed by atoms with Gasteiger partial charge in [-0.05, 0) is 54.7 Å². The summed E-state index contributed by atoms with van der Waals surface area (Å²) in [6.07, 6.45) is -10.8. The van der Waals surface area contributed by atoms with Crippen molar-refractivity contribution in [3.8, 4) is 0 Å². The van der Waals surface area contributed by atoms with Crippen molar-refractivity contribution < 1.29 is 41.0 Å². The van der Waals surface area contributed by atoms with Crippen LogP contribution in [0, 0.1) is 5.92 Å². The first-order valence-electron chi connectivity index (χ1n) is 9.78. The number of carboxylic acids is 1. The average molecular weight is 540 g/mol. The molecule has 2 atom stereocenters. The SMILES string of the molecule is O=C(NC(C(=O)O)c1cccc(C(F)(F)F)c1)C(CCCC(F)(F)F)Cc1cccc(Br)c1. The molecule has 33 heavy (non-hydrogen) atoms. The first-order chi connectivity index (χ1) is 15.3. The van der Waals surface area contributed by atoms with E-state index in [4.69, 9.17) is 0 Å². The van der Waals surface area contributed by atoms with Gasteiger partial charge in [-0.25, -0.2) is 4.79 Å². The Labute approximate surface area is 194 Å². The number of aliphatic carboxylic acids is 1. The van der Waals surface area contributed by atoms with Crippen LogP contribution in [0.1, 0.15) is 42.0 Å². The van der Waals surface area contributed by atoms with Crippen LogP contribution >= 0.6 is 15.9 Å². The third-order valence-electron chi connectivity index (χ3n) is 4.84. The summed E-state index contributed by atoms with van der Waals surface area (Å²) in [5, 5.41) is 11.7. The Hall–Kier alpha value is -2.56. The van der Waals surface area contributed by atoms with E-state index in [1.807, 2.05) is 0 Å². The van der Waals surface area contributed by atoms with Crippen LogP contribution in [0.15, 0.2) is 53.0 Å². The second-order valence-corrected chi connectivity index (χ2v) is 8.36. The molecule has 180 valence electrons. The molecule has 0 aliphatic carbocycles. The van der Waals surface area contributed by atoms with Crippen molar-refractivity contribution in [3.63, 3.8) is 0 Å². The maximum Gasteiger partial charge on any atom is 0.416 e. The molecule has 0 saturated heterocycles. The number of amides is 1. The number of hydrogen-bond donors (Lipinski definition) is 2. The molecular formula is C22H20BrF6NO3. The number of rotatable bonds is 9. The molecule has 0 radical (unpaired) electrons. The molecule has 2 N–H and O–H groups in total. The Morgan fingerprint density at radius 2 is 1.67 bits per heavy atom. The van der Waals surface area contributed by atoms with Gasteiger partial charge in [0.25, 0.3) is 0 Å². The van der Waals surface area contributed by atoms with Crippen molar-refractivity contribution >= 4 is 27.8 Å².